The van der Waals surface area contributed by atoms with Crippen molar-refractivity contribution in [1.29, 1.82) is 0 Å². The predicted molar refractivity (Wildman–Crippen MR) is 116 cm³/mol. The van der Waals surface area contributed by atoms with Crippen molar-refractivity contribution in [2.75, 3.05) is 11.9 Å². The Bertz CT molecular complexity index is 1130. The second kappa shape index (κ2) is 8.85. The Morgan fingerprint density at radius 1 is 1.19 bits per heavy atom. The maximum absolute atomic E-state index is 12.7. The molecule has 0 bridgehead atoms. The normalized spacial score (nSPS) is 15.3. The van der Waals surface area contributed by atoms with Crippen molar-refractivity contribution in [3.8, 4) is 0 Å². The van der Waals surface area contributed by atoms with Gasteiger partial charge >= 0.3 is 5.97 Å². The van der Waals surface area contributed by atoms with Crippen molar-refractivity contribution in [3.63, 3.8) is 0 Å². The third kappa shape index (κ3) is 4.59. The van der Waals surface area contributed by atoms with Crippen molar-refractivity contribution in [1.82, 2.24) is 4.57 Å². The van der Waals surface area contributed by atoms with Crippen molar-refractivity contribution < 1.29 is 23.5 Å². The van der Waals surface area contributed by atoms with E-state index in [1.807, 2.05) is 54.8 Å². The Morgan fingerprint density at radius 2 is 2.00 bits per heavy atom. The summed E-state index contributed by atoms with van der Waals surface area (Å²) >= 11 is 1.32. The summed E-state index contributed by atoms with van der Waals surface area (Å²) in [5, 5.41) is 2.21. The van der Waals surface area contributed by atoms with Crippen LogP contribution in [-0.2, 0) is 20.9 Å². The van der Waals surface area contributed by atoms with Gasteiger partial charge in [0.25, 0.3) is 0 Å². The van der Waals surface area contributed by atoms with Crippen LogP contribution in [0.3, 0.4) is 0 Å². The van der Waals surface area contributed by atoms with Crippen LogP contribution in [0.25, 0.3) is 0 Å². The van der Waals surface area contributed by atoms with E-state index in [0.717, 1.165) is 27.7 Å². The molecule has 7 nitrogen and oxygen atoms in total. The van der Waals surface area contributed by atoms with E-state index in [-0.39, 0.29) is 24.7 Å². The van der Waals surface area contributed by atoms with E-state index in [1.165, 1.54) is 11.8 Å². The Kier molecular flexibility index (Phi) is 5.99. The SMILES string of the molecule is Cc1cc(C(=O)COC(=O)C[C@H]2Sc3ccccc3NC2=O)c(C)n1Cc1ccco1. The Morgan fingerprint density at radius 3 is 2.77 bits per heavy atom. The van der Waals surface area contributed by atoms with E-state index in [0.29, 0.717) is 12.1 Å². The lowest BCUT2D eigenvalue weighted by atomic mass is 10.1. The zero-order chi connectivity index (χ0) is 22.0. The fourth-order valence-corrected chi connectivity index (χ4v) is 4.64. The molecule has 3 heterocycles. The number of hydrogen-bond acceptors (Lipinski definition) is 6. The van der Waals surface area contributed by atoms with Gasteiger partial charge in [0.15, 0.2) is 6.61 Å². The summed E-state index contributed by atoms with van der Waals surface area (Å²) in [6, 6.07) is 12.9. The van der Waals surface area contributed by atoms with Crippen LogP contribution in [0, 0.1) is 13.8 Å². The highest BCUT2D eigenvalue weighted by Gasteiger charge is 2.29. The number of carbonyl (C=O) groups excluding carboxylic acids is 3. The van der Waals surface area contributed by atoms with Crippen molar-refractivity contribution in [2.24, 2.45) is 0 Å². The monoisotopic (exact) mass is 438 g/mol. The lowest BCUT2D eigenvalue weighted by molar-refractivity contribution is -0.143. The van der Waals surface area contributed by atoms with E-state index < -0.39 is 11.2 Å². The maximum Gasteiger partial charge on any atom is 0.307 e. The van der Waals surface area contributed by atoms with Gasteiger partial charge in [0.2, 0.25) is 11.7 Å². The minimum absolute atomic E-state index is 0.102. The molecular formula is C23H22N2O5S. The average molecular weight is 439 g/mol. The molecule has 1 aromatic carbocycles. The van der Waals surface area contributed by atoms with Crippen LogP contribution in [0.15, 0.2) is 58.0 Å². The molecule has 0 aliphatic carbocycles. The van der Waals surface area contributed by atoms with Gasteiger partial charge in [-0.05, 0) is 44.2 Å². The lowest BCUT2D eigenvalue weighted by Crippen LogP contribution is -2.31. The highest BCUT2D eigenvalue weighted by atomic mass is 32.2. The zero-order valence-corrected chi connectivity index (χ0v) is 18.0. The summed E-state index contributed by atoms with van der Waals surface area (Å²) < 4.78 is 12.6. The van der Waals surface area contributed by atoms with Crippen molar-refractivity contribution >= 4 is 35.1 Å². The molecule has 2 aromatic heterocycles. The van der Waals surface area contributed by atoms with Gasteiger partial charge in [-0.15, -0.1) is 11.8 Å². The number of Topliss-reactive ketones (excluding diaryl/α,β-unsaturated/α-hetero) is 1. The van der Waals surface area contributed by atoms with E-state index in [1.54, 1.807) is 12.3 Å². The molecule has 160 valence electrons. The number of rotatable bonds is 7. The van der Waals surface area contributed by atoms with Gasteiger partial charge in [-0.2, -0.15) is 0 Å². The molecule has 3 aromatic rings. The predicted octanol–water partition coefficient (Wildman–Crippen LogP) is 3.98. The topological polar surface area (TPSA) is 90.5 Å². The van der Waals surface area contributed by atoms with Crippen LogP contribution in [0.2, 0.25) is 0 Å². The number of carbonyl (C=O) groups is 3. The number of thioether (sulfide) groups is 1. The molecule has 0 unspecified atom stereocenters. The maximum atomic E-state index is 12.7. The number of ether oxygens (including phenoxy) is 1. The van der Waals surface area contributed by atoms with Gasteiger partial charge in [0.1, 0.15) is 5.76 Å². The van der Waals surface area contributed by atoms with Crippen LogP contribution < -0.4 is 5.32 Å². The Balaban J connectivity index is 1.35. The highest BCUT2D eigenvalue weighted by Crippen LogP contribution is 2.36. The fraction of sp³-hybridized carbons (Fsp3) is 0.261. The number of hydrogen-bond donors (Lipinski definition) is 1. The number of amides is 1. The largest absolute Gasteiger partial charge is 0.467 e. The molecule has 1 amide bonds. The molecule has 1 aliphatic rings. The molecule has 4 rings (SSSR count). The van der Waals surface area contributed by atoms with E-state index in [2.05, 4.69) is 5.32 Å². The standard InChI is InChI=1S/C23H22N2O5S/c1-14-10-17(15(2)25(14)12-16-6-5-9-29-16)19(26)13-30-22(27)11-21-23(28)24-18-7-3-4-8-20(18)31-21/h3-10,21H,11-13H2,1-2H3,(H,24,28)/t21-/m1/s1. The number of furan rings is 1. The van der Waals surface area contributed by atoms with Gasteiger partial charge in [0, 0.05) is 21.8 Å². The minimum atomic E-state index is -0.587. The minimum Gasteiger partial charge on any atom is -0.467 e. The van der Waals surface area contributed by atoms with Gasteiger partial charge in [-0.1, -0.05) is 12.1 Å². The van der Waals surface area contributed by atoms with Gasteiger partial charge < -0.3 is 19.0 Å². The Labute approximate surface area is 183 Å². The van der Waals surface area contributed by atoms with E-state index in [4.69, 9.17) is 9.15 Å². The number of fused-ring (bicyclic) bond motifs is 1. The summed E-state index contributed by atoms with van der Waals surface area (Å²) in [6.45, 7) is 3.92. The summed E-state index contributed by atoms with van der Waals surface area (Å²) in [6.07, 6.45) is 1.51. The van der Waals surface area contributed by atoms with Crippen LogP contribution in [0.5, 0.6) is 0 Å². The Hall–Kier alpha value is -3.26. The second-order valence-electron chi connectivity index (χ2n) is 7.33. The van der Waals surface area contributed by atoms with Crippen LogP contribution >= 0.6 is 11.8 Å². The van der Waals surface area contributed by atoms with Crippen LogP contribution in [0.1, 0.15) is 33.9 Å². The van der Waals surface area contributed by atoms with Crippen LogP contribution in [-0.4, -0.2) is 34.1 Å². The second-order valence-corrected chi connectivity index (χ2v) is 8.57. The summed E-state index contributed by atoms with van der Waals surface area (Å²) in [5.74, 6) is -0.312. The number of para-hydroxylation sites is 1. The molecule has 31 heavy (non-hydrogen) atoms. The summed E-state index contributed by atoms with van der Waals surface area (Å²) in [7, 11) is 0. The molecule has 0 saturated carbocycles. The molecule has 8 heteroatoms. The first-order chi connectivity index (χ1) is 14.9. The molecule has 1 atom stereocenters. The van der Waals surface area contributed by atoms with Crippen molar-refractivity contribution in [2.45, 2.75) is 37.0 Å². The number of aryl methyl sites for hydroxylation is 1. The molecule has 0 saturated heterocycles. The average Bonchev–Trinajstić information content (AvgIpc) is 3.36. The lowest BCUT2D eigenvalue weighted by Gasteiger charge is -2.23. The number of ketones is 1. The first kappa shape index (κ1) is 21.0. The molecule has 0 radical (unpaired) electrons. The van der Waals surface area contributed by atoms with Gasteiger partial charge in [-0.3, -0.25) is 14.4 Å². The first-order valence-electron chi connectivity index (χ1n) is 9.87. The molecule has 0 fully saturated rings. The quantitative estimate of drug-likeness (QED) is 0.443. The number of anilines is 1. The molecule has 1 aliphatic heterocycles. The zero-order valence-electron chi connectivity index (χ0n) is 17.2. The van der Waals surface area contributed by atoms with E-state index in [9.17, 15) is 14.4 Å². The summed E-state index contributed by atoms with van der Waals surface area (Å²) in [4.78, 5) is 38.1. The van der Waals surface area contributed by atoms with Gasteiger partial charge in [-0.25, -0.2) is 0 Å². The molecule has 0 spiro atoms. The number of nitrogens with zero attached hydrogens (tertiary/aromatic N) is 1. The number of aromatic nitrogens is 1. The third-order valence-electron chi connectivity index (χ3n) is 5.19. The molecular weight excluding hydrogens is 416 g/mol. The van der Waals surface area contributed by atoms with Crippen molar-refractivity contribution in [3.05, 3.63) is 71.4 Å². The third-order valence-corrected chi connectivity index (χ3v) is 6.47. The number of benzene rings is 1. The fourth-order valence-electron chi connectivity index (χ4n) is 3.55. The highest BCUT2D eigenvalue weighted by molar-refractivity contribution is 8.01. The smallest absolute Gasteiger partial charge is 0.307 e. The number of esters is 1. The first-order valence-corrected chi connectivity index (χ1v) is 10.7. The van der Waals surface area contributed by atoms with E-state index >= 15 is 0 Å². The molecule has 1 N–H and O–H groups in total. The van der Waals surface area contributed by atoms with Gasteiger partial charge in [0.05, 0.1) is 30.2 Å². The number of nitrogens with one attached hydrogen (secondary N) is 1. The summed E-state index contributed by atoms with van der Waals surface area (Å²) in [5.41, 5.74) is 2.95. The van der Waals surface area contributed by atoms with Crippen LogP contribution in [0.4, 0.5) is 5.69 Å².